The average molecular weight is 354 g/mol. The standard InChI is InChI=1S/C20H22N2O2S/c1-3-14-6-4-8-17(10-14)22-13-15(11-19(22)23)20(24)21-16-7-5-9-18(12-16)25-2/h4-10,12,15H,3,11,13H2,1-2H3,(H,21,24). The zero-order valence-electron chi connectivity index (χ0n) is 14.5. The summed E-state index contributed by atoms with van der Waals surface area (Å²) < 4.78 is 0. The molecule has 0 radical (unpaired) electrons. The summed E-state index contributed by atoms with van der Waals surface area (Å²) in [6, 6.07) is 15.7. The van der Waals surface area contributed by atoms with Crippen molar-refractivity contribution in [1.29, 1.82) is 0 Å². The van der Waals surface area contributed by atoms with E-state index >= 15 is 0 Å². The zero-order valence-corrected chi connectivity index (χ0v) is 15.3. The van der Waals surface area contributed by atoms with E-state index in [0.717, 1.165) is 22.7 Å². The van der Waals surface area contributed by atoms with Gasteiger partial charge < -0.3 is 10.2 Å². The van der Waals surface area contributed by atoms with Crippen LogP contribution in [0.2, 0.25) is 0 Å². The fraction of sp³-hybridized carbons (Fsp3) is 0.300. The van der Waals surface area contributed by atoms with Crippen LogP contribution in [0.5, 0.6) is 0 Å². The van der Waals surface area contributed by atoms with Gasteiger partial charge in [-0.3, -0.25) is 9.59 Å². The number of carbonyl (C=O) groups is 2. The van der Waals surface area contributed by atoms with Gasteiger partial charge in [-0.1, -0.05) is 25.1 Å². The molecule has 1 atom stereocenters. The molecule has 1 saturated heterocycles. The molecule has 0 aliphatic carbocycles. The number of anilines is 2. The monoisotopic (exact) mass is 354 g/mol. The summed E-state index contributed by atoms with van der Waals surface area (Å²) in [7, 11) is 0. The Balaban J connectivity index is 1.69. The lowest BCUT2D eigenvalue weighted by Crippen LogP contribution is -2.28. The summed E-state index contributed by atoms with van der Waals surface area (Å²) in [6.07, 6.45) is 3.18. The highest BCUT2D eigenvalue weighted by molar-refractivity contribution is 7.98. The van der Waals surface area contributed by atoms with Crippen LogP contribution in [-0.4, -0.2) is 24.6 Å². The van der Waals surface area contributed by atoms with Gasteiger partial charge >= 0.3 is 0 Å². The van der Waals surface area contributed by atoms with Crippen molar-refractivity contribution >= 4 is 35.0 Å². The number of thioether (sulfide) groups is 1. The fourth-order valence-corrected chi connectivity index (χ4v) is 3.48. The molecule has 0 spiro atoms. The second-order valence-electron chi connectivity index (χ2n) is 6.15. The van der Waals surface area contributed by atoms with Crippen LogP contribution >= 0.6 is 11.8 Å². The minimum absolute atomic E-state index is 0.00580. The molecule has 1 N–H and O–H groups in total. The Morgan fingerprint density at radius 3 is 2.80 bits per heavy atom. The summed E-state index contributed by atoms with van der Waals surface area (Å²) in [5.74, 6) is -0.414. The van der Waals surface area contributed by atoms with E-state index in [1.54, 1.807) is 16.7 Å². The molecule has 25 heavy (non-hydrogen) atoms. The predicted molar refractivity (Wildman–Crippen MR) is 103 cm³/mol. The topological polar surface area (TPSA) is 49.4 Å². The normalized spacial score (nSPS) is 17.0. The van der Waals surface area contributed by atoms with Crippen LogP contribution < -0.4 is 10.2 Å². The third kappa shape index (κ3) is 4.04. The van der Waals surface area contributed by atoms with Crippen LogP contribution in [0.4, 0.5) is 11.4 Å². The van der Waals surface area contributed by atoms with E-state index < -0.39 is 0 Å². The smallest absolute Gasteiger partial charge is 0.229 e. The van der Waals surface area contributed by atoms with Crippen molar-refractivity contribution < 1.29 is 9.59 Å². The molecule has 1 unspecified atom stereocenters. The van der Waals surface area contributed by atoms with Gasteiger partial charge in [0.2, 0.25) is 11.8 Å². The Morgan fingerprint density at radius 2 is 2.04 bits per heavy atom. The molecule has 4 nitrogen and oxygen atoms in total. The molecule has 1 fully saturated rings. The van der Waals surface area contributed by atoms with Crippen LogP contribution in [0.15, 0.2) is 53.4 Å². The van der Waals surface area contributed by atoms with Crippen molar-refractivity contribution in [3.63, 3.8) is 0 Å². The van der Waals surface area contributed by atoms with Gasteiger partial charge in [-0.2, -0.15) is 0 Å². The number of amides is 2. The first-order chi connectivity index (χ1) is 12.1. The summed E-state index contributed by atoms with van der Waals surface area (Å²) in [5.41, 5.74) is 2.84. The van der Waals surface area contributed by atoms with Gasteiger partial charge in [0.25, 0.3) is 0 Å². The number of hydrogen-bond acceptors (Lipinski definition) is 3. The van der Waals surface area contributed by atoms with Crippen LogP contribution in [-0.2, 0) is 16.0 Å². The van der Waals surface area contributed by atoms with Crippen LogP contribution in [0.1, 0.15) is 18.9 Å². The lowest BCUT2D eigenvalue weighted by Gasteiger charge is -2.17. The molecular weight excluding hydrogens is 332 g/mol. The summed E-state index contributed by atoms with van der Waals surface area (Å²) in [4.78, 5) is 27.8. The number of carbonyl (C=O) groups excluding carboxylic acids is 2. The highest BCUT2D eigenvalue weighted by Gasteiger charge is 2.35. The number of rotatable bonds is 5. The maximum absolute atomic E-state index is 12.6. The number of nitrogens with one attached hydrogen (secondary N) is 1. The SMILES string of the molecule is CCc1cccc(N2CC(C(=O)Nc3cccc(SC)c3)CC2=O)c1. The van der Waals surface area contributed by atoms with Crippen molar-refractivity contribution in [2.24, 2.45) is 5.92 Å². The van der Waals surface area contributed by atoms with Gasteiger partial charge in [0.1, 0.15) is 0 Å². The van der Waals surface area contributed by atoms with Gasteiger partial charge in [-0.05, 0) is 48.6 Å². The molecule has 1 heterocycles. The lowest BCUT2D eigenvalue weighted by atomic mass is 10.1. The van der Waals surface area contributed by atoms with E-state index in [0.29, 0.717) is 6.54 Å². The average Bonchev–Trinajstić information content (AvgIpc) is 3.04. The molecule has 2 aromatic carbocycles. The molecule has 5 heteroatoms. The molecule has 0 bridgehead atoms. The minimum atomic E-state index is -0.323. The Morgan fingerprint density at radius 1 is 1.24 bits per heavy atom. The van der Waals surface area contributed by atoms with Crippen molar-refractivity contribution in [2.45, 2.75) is 24.7 Å². The van der Waals surface area contributed by atoms with Gasteiger partial charge in [0.15, 0.2) is 0 Å². The van der Waals surface area contributed by atoms with Gasteiger partial charge in [-0.15, -0.1) is 11.8 Å². The van der Waals surface area contributed by atoms with Crippen LogP contribution in [0.3, 0.4) is 0 Å². The maximum Gasteiger partial charge on any atom is 0.229 e. The highest BCUT2D eigenvalue weighted by atomic mass is 32.2. The number of hydrogen-bond donors (Lipinski definition) is 1. The summed E-state index contributed by atoms with van der Waals surface area (Å²) >= 11 is 1.63. The molecule has 2 amide bonds. The number of aryl methyl sites for hydroxylation is 1. The van der Waals surface area contributed by atoms with E-state index in [1.807, 2.05) is 54.8 Å². The summed E-state index contributed by atoms with van der Waals surface area (Å²) in [6.45, 7) is 2.52. The van der Waals surface area contributed by atoms with E-state index in [-0.39, 0.29) is 24.2 Å². The van der Waals surface area contributed by atoms with Crippen molar-refractivity contribution in [3.05, 3.63) is 54.1 Å². The molecule has 1 aliphatic heterocycles. The first kappa shape index (κ1) is 17.5. The van der Waals surface area contributed by atoms with Crippen molar-refractivity contribution in [1.82, 2.24) is 0 Å². The zero-order chi connectivity index (χ0) is 17.8. The highest BCUT2D eigenvalue weighted by Crippen LogP contribution is 2.27. The van der Waals surface area contributed by atoms with Gasteiger partial charge in [0.05, 0.1) is 5.92 Å². The van der Waals surface area contributed by atoms with E-state index in [4.69, 9.17) is 0 Å². The number of benzene rings is 2. The molecule has 0 saturated carbocycles. The van der Waals surface area contributed by atoms with E-state index in [2.05, 4.69) is 12.2 Å². The number of nitrogens with zero attached hydrogens (tertiary/aromatic N) is 1. The maximum atomic E-state index is 12.6. The Kier molecular flexibility index (Phi) is 5.43. The van der Waals surface area contributed by atoms with Crippen LogP contribution in [0, 0.1) is 5.92 Å². The Labute approximate surface area is 152 Å². The van der Waals surface area contributed by atoms with Crippen LogP contribution in [0.25, 0.3) is 0 Å². The molecule has 2 aromatic rings. The molecule has 0 aromatic heterocycles. The molecule has 1 aliphatic rings. The van der Waals surface area contributed by atoms with Gasteiger partial charge in [-0.25, -0.2) is 0 Å². The molecule has 130 valence electrons. The second-order valence-corrected chi connectivity index (χ2v) is 7.03. The Bertz CT molecular complexity index is 791. The largest absolute Gasteiger partial charge is 0.326 e. The van der Waals surface area contributed by atoms with E-state index in [9.17, 15) is 9.59 Å². The lowest BCUT2D eigenvalue weighted by molar-refractivity contribution is -0.122. The summed E-state index contributed by atoms with van der Waals surface area (Å²) in [5, 5.41) is 2.94. The third-order valence-electron chi connectivity index (χ3n) is 4.46. The quantitative estimate of drug-likeness (QED) is 0.827. The van der Waals surface area contributed by atoms with Crippen molar-refractivity contribution in [2.75, 3.05) is 23.0 Å². The minimum Gasteiger partial charge on any atom is -0.326 e. The molecule has 3 rings (SSSR count). The second kappa shape index (κ2) is 7.74. The molecular formula is C20H22N2O2S. The predicted octanol–water partition coefficient (Wildman–Crippen LogP) is 3.96. The third-order valence-corrected chi connectivity index (χ3v) is 5.19. The van der Waals surface area contributed by atoms with Crippen molar-refractivity contribution in [3.8, 4) is 0 Å². The fourth-order valence-electron chi connectivity index (χ4n) is 3.02. The van der Waals surface area contributed by atoms with Gasteiger partial charge in [0, 0.05) is 29.2 Å². The Hall–Kier alpha value is -2.27. The first-order valence-electron chi connectivity index (χ1n) is 8.45. The van der Waals surface area contributed by atoms with E-state index in [1.165, 1.54) is 5.56 Å². The first-order valence-corrected chi connectivity index (χ1v) is 9.67.